The summed E-state index contributed by atoms with van der Waals surface area (Å²) in [4.78, 5) is 3.87. The van der Waals surface area contributed by atoms with Crippen molar-refractivity contribution in [3.63, 3.8) is 0 Å². The van der Waals surface area contributed by atoms with E-state index >= 15 is 0 Å². The van der Waals surface area contributed by atoms with E-state index in [4.69, 9.17) is 16.3 Å². The van der Waals surface area contributed by atoms with E-state index in [1.807, 2.05) is 0 Å². The van der Waals surface area contributed by atoms with Gasteiger partial charge in [-0.2, -0.15) is 0 Å². The van der Waals surface area contributed by atoms with Crippen LogP contribution in [-0.4, -0.2) is 35.5 Å². The standard InChI is InChI=1S/C9H11ClN2O2/c10-9-3-6(1-2-11-9)12-7-4-14-5-8(7)13/h1-3,7-8,13H,4-5H2,(H,11,12). The number of aliphatic hydroxyl groups excluding tert-OH is 1. The van der Waals surface area contributed by atoms with Crippen molar-refractivity contribution in [2.45, 2.75) is 12.1 Å². The number of anilines is 1. The lowest BCUT2D eigenvalue weighted by Gasteiger charge is -2.15. The Hall–Kier alpha value is -0.840. The zero-order valence-electron chi connectivity index (χ0n) is 7.48. The Labute approximate surface area is 86.9 Å². The molecule has 1 aliphatic rings. The van der Waals surface area contributed by atoms with Crippen LogP contribution in [-0.2, 0) is 4.74 Å². The largest absolute Gasteiger partial charge is 0.388 e. The highest BCUT2D eigenvalue weighted by Gasteiger charge is 2.25. The highest BCUT2D eigenvalue weighted by molar-refractivity contribution is 6.29. The van der Waals surface area contributed by atoms with Crippen LogP contribution in [0.3, 0.4) is 0 Å². The van der Waals surface area contributed by atoms with Crippen molar-refractivity contribution in [2.75, 3.05) is 18.5 Å². The molecule has 0 bridgehead atoms. The number of pyridine rings is 1. The van der Waals surface area contributed by atoms with E-state index in [0.29, 0.717) is 18.4 Å². The molecule has 76 valence electrons. The molecule has 5 heteroatoms. The van der Waals surface area contributed by atoms with Crippen molar-refractivity contribution in [3.8, 4) is 0 Å². The van der Waals surface area contributed by atoms with Crippen LogP contribution in [0.4, 0.5) is 5.69 Å². The lowest BCUT2D eigenvalue weighted by Crippen LogP contribution is -2.31. The normalized spacial score (nSPS) is 26.4. The van der Waals surface area contributed by atoms with Crippen LogP contribution in [0.2, 0.25) is 5.15 Å². The van der Waals surface area contributed by atoms with Gasteiger partial charge in [-0.1, -0.05) is 11.6 Å². The van der Waals surface area contributed by atoms with E-state index in [1.54, 1.807) is 18.3 Å². The van der Waals surface area contributed by atoms with E-state index in [1.165, 1.54) is 0 Å². The van der Waals surface area contributed by atoms with Gasteiger partial charge in [0.1, 0.15) is 5.15 Å². The zero-order chi connectivity index (χ0) is 9.97. The molecule has 1 aromatic heterocycles. The van der Waals surface area contributed by atoms with E-state index in [2.05, 4.69) is 10.3 Å². The lowest BCUT2D eigenvalue weighted by molar-refractivity contribution is 0.125. The van der Waals surface area contributed by atoms with Gasteiger partial charge in [-0.25, -0.2) is 4.98 Å². The maximum Gasteiger partial charge on any atom is 0.131 e. The number of aromatic nitrogens is 1. The minimum atomic E-state index is -0.457. The third-order valence-electron chi connectivity index (χ3n) is 2.13. The van der Waals surface area contributed by atoms with Gasteiger partial charge in [0.25, 0.3) is 0 Å². The first kappa shape index (κ1) is 9.71. The number of nitrogens with one attached hydrogen (secondary N) is 1. The van der Waals surface area contributed by atoms with E-state index in [0.717, 1.165) is 5.69 Å². The van der Waals surface area contributed by atoms with Gasteiger partial charge >= 0.3 is 0 Å². The first-order valence-corrected chi connectivity index (χ1v) is 4.77. The van der Waals surface area contributed by atoms with Crippen molar-refractivity contribution in [1.82, 2.24) is 4.98 Å². The maximum absolute atomic E-state index is 9.48. The van der Waals surface area contributed by atoms with Gasteiger partial charge in [0.05, 0.1) is 25.4 Å². The number of nitrogens with zero attached hydrogens (tertiary/aromatic N) is 1. The first-order valence-electron chi connectivity index (χ1n) is 4.39. The molecule has 0 saturated carbocycles. The van der Waals surface area contributed by atoms with Crippen molar-refractivity contribution >= 4 is 17.3 Å². The summed E-state index contributed by atoms with van der Waals surface area (Å²) in [6.07, 6.45) is 1.16. The number of halogens is 1. The second-order valence-electron chi connectivity index (χ2n) is 3.22. The van der Waals surface area contributed by atoms with Gasteiger partial charge in [0.2, 0.25) is 0 Å². The number of rotatable bonds is 2. The summed E-state index contributed by atoms with van der Waals surface area (Å²) >= 11 is 5.72. The molecular weight excluding hydrogens is 204 g/mol. The first-order chi connectivity index (χ1) is 6.75. The fourth-order valence-electron chi connectivity index (χ4n) is 1.39. The van der Waals surface area contributed by atoms with Gasteiger partial charge in [-0.15, -0.1) is 0 Å². The molecule has 0 spiro atoms. The third kappa shape index (κ3) is 2.15. The summed E-state index contributed by atoms with van der Waals surface area (Å²) in [7, 11) is 0. The Morgan fingerprint density at radius 3 is 3.07 bits per heavy atom. The van der Waals surface area contributed by atoms with Gasteiger partial charge in [0.15, 0.2) is 0 Å². The summed E-state index contributed by atoms with van der Waals surface area (Å²) in [5.74, 6) is 0. The fraction of sp³-hybridized carbons (Fsp3) is 0.444. The summed E-state index contributed by atoms with van der Waals surface area (Å²) in [5, 5.41) is 13.0. The second-order valence-corrected chi connectivity index (χ2v) is 3.61. The fourth-order valence-corrected chi connectivity index (χ4v) is 1.56. The molecule has 2 atom stereocenters. The van der Waals surface area contributed by atoms with Crippen molar-refractivity contribution in [2.24, 2.45) is 0 Å². The van der Waals surface area contributed by atoms with Crippen LogP contribution >= 0.6 is 11.6 Å². The third-order valence-corrected chi connectivity index (χ3v) is 2.34. The monoisotopic (exact) mass is 214 g/mol. The maximum atomic E-state index is 9.48. The molecular formula is C9H11ClN2O2. The van der Waals surface area contributed by atoms with E-state index in [-0.39, 0.29) is 6.04 Å². The average molecular weight is 215 g/mol. The molecule has 1 aromatic rings. The Balaban J connectivity index is 2.03. The minimum Gasteiger partial charge on any atom is -0.388 e. The molecule has 1 fully saturated rings. The molecule has 0 aliphatic carbocycles. The molecule has 4 nitrogen and oxygen atoms in total. The quantitative estimate of drug-likeness (QED) is 0.719. The van der Waals surface area contributed by atoms with Gasteiger partial charge in [-0.3, -0.25) is 0 Å². The Bertz CT molecular complexity index is 321. The predicted octanol–water partition coefficient (Wildman–Crippen LogP) is 0.907. The summed E-state index contributed by atoms with van der Waals surface area (Å²) in [5.41, 5.74) is 0.847. The van der Waals surface area contributed by atoms with Crippen molar-refractivity contribution in [1.29, 1.82) is 0 Å². The molecule has 2 heterocycles. The van der Waals surface area contributed by atoms with Gasteiger partial charge in [0, 0.05) is 11.9 Å². The lowest BCUT2D eigenvalue weighted by atomic mass is 10.2. The number of aliphatic hydroxyl groups is 1. The van der Waals surface area contributed by atoms with E-state index in [9.17, 15) is 5.11 Å². The molecule has 0 aromatic carbocycles. The highest BCUT2D eigenvalue weighted by Crippen LogP contribution is 2.16. The minimum absolute atomic E-state index is 0.0616. The zero-order valence-corrected chi connectivity index (χ0v) is 8.24. The second kappa shape index (κ2) is 4.13. The smallest absolute Gasteiger partial charge is 0.131 e. The Morgan fingerprint density at radius 2 is 2.43 bits per heavy atom. The molecule has 2 N–H and O–H groups in total. The molecule has 2 unspecified atom stereocenters. The number of hydrogen-bond donors (Lipinski definition) is 2. The van der Waals surface area contributed by atoms with Crippen molar-refractivity contribution < 1.29 is 9.84 Å². The summed E-state index contributed by atoms with van der Waals surface area (Å²) in [6.45, 7) is 0.900. The Morgan fingerprint density at radius 1 is 1.57 bits per heavy atom. The number of ether oxygens (including phenoxy) is 1. The molecule has 1 saturated heterocycles. The van der Waals surface area contributed by atoms with Crippen LogP contribution in [0, 0.1) is 0 Å². The Kier molecular flexibility index (Phi) is 2.86. The van der Waals surface area contributed by atoms with Gasteiger partial charge < -0.3 is 15.2 Å². The molecule has 0 radical (unpaired) electrons. The van der Waals surface area contributed by atoms with Gasteiger partial charge in [-0.05, 0) is 12.1 Å². The topological polar surface area (TPSA) is 54.4 Å². The van der Waals surface area contributed by atoms with Crippen LogP contribution in [0.25, 0.3) is 0 Å². The van der Waals surface area contributed by atoms with E-state index < -0.39 is 6.10 Å². The van der Waals surface area contributed by atoms with Crippen LogP contribution in [0.5, 0.6) is 0 Å². The molecule has 14 heavy (non-hydrogen) atoms. The van der Waals surface area contributed by atoms with Crippen LogP contribution < -0.4 is 5.32 Å². The van der Waals surface area contributed by atoms with Crippen LogP contribution in [0.15, 0.2) is 18.3 Å². The highest BCUT2D eigenvalue weighted by atomic mass is 35.5. The van der Waals surface area contributed by atoms with Crippen LogP contribution in [0.1, 0.15) is 0 Å². The van der Waals surface area contributed by atoms with Crippen molar-refractivity contribution in [3.05, 3.63) is 23.5 Å². The predicted molar refractivity (Wildman–Crippen MR) is 53.5 cm³/mol. The molecule has 0 amide bonds. The molecule has 1 aliphatic heterocycles. The summed E-state index contributed by atoms with van der Waals surface area (Å²) < 4.78 is 5.11. The SMILES string of the molecule is OC1COCC1Nc1ccnc(Cl)c1. The summed E-state index contributed by atoms with van der Waals surface area (Å²) in [6, 6.07) is 3.46. The molecule has 2 rings (SSSR count). The number of hydrogen-bond acceptors (Lipinski definition) is 4. The average Bonchev–Trinajstić information content (AvgIpc) is 2.52.